The first-order valence-corrected chi connectivity index (χ1v) is 8.87. The summed E-state index contributed by atoms with van der Waals surface area (Å²) in [5, 5.41) is 2.94. The molecule has 0 aliphatic carbocycles. The van der Waals surface area contributed by atoms with Crippen molar-refractivity contribution in [3.8, 4) is 0 Å². The largest absolute Gasteiger partial charge is 0.356 e. The van der Waals surface area contributed by atoms with Gasteiger partial charge < -0.3 is 5.32 Å². The maximum Gasteiger partial charge on any atom is 0.219 e. The van der Waals surface area contributed by atoms with Crippen LogP contribution < -0.4 is 5.32 Å². The average Bonchev–Trinajstić information content (AvgIpc) is 2.45. The van der Waals surface area contributed by atoms with E-state index in [1.807, 2.05) is 0 Å². The van der Waals surface area contributed by atoms with Crippen LogP contribution in [0.1, 0.15) is 96.8 Å². The molecule has 0 aliphatic heterocycles. The van der Waals surface area contributed by atoms with Crippen molar-refractivity contribution in [1.29, 1.82) is 0 Å². The van der Waals surface area contributed by atoms with E-state index in [-0.39, 0.29) is 5.91 Å². The highest BCUT2D eigenvalue weighted by Gasteiger charge is 1.99. The summed E-state index contributed by atoms with van der Waals surface area (Å²) in [5.74, 6) is 0.217. The maximum absolute atomic E-state index is 11.4. The summed E-state index contributed by atoms with van der Waals surface area (Å²) < 4.78 is 0. The van der Waals surface area contributed by atoms with Crippen LogP contribution in [0.15, 0.2) is 0 Å². The summed E-state index contributed by atoms with van der Waals surface area (Å²) in [6.07, 6.45) is 17.2. The van der Waals surface area contributed by atoms with Gasteiger partial charge in [-0.25, -0.2) is 0 Å². The first kappa shape index (κ1) is 19.5. The first-order valence-electron chi connectivity index (χ1n) is 8.87. The molecule has 2 nitrogen and oxygen atoms in total. The number of carbonyl (C=O) groups excluding carboxylic acids is 1. The van der Waals surface area contributed by atoms with E-state index >= 15 is 0 Å². The summed E-state index contributed by atoms with van der Waals surface area (Å²) >= 11 is 0. The van der Waals surface area contributed by atoms with Crippen LogP contribution >= 0.6 is 0 Å². The minimum absolute atomic E-state index is 0.217. The van der Waals surface area contributed by atoms with E-state index in [0.717, 1.165) is 25.8 Å². The maximum atomic E-state index is 11.4. The standard InChI is InChI=1S/C18H36NO/c1-3-5-7-8-9-10-11-12-13-14-15-16-18(20)19-17-6-4-2/h2-17H2,1H3,(H,19,20). The highest BCUT2D eigenvalue weighted by Crippen LogP contribution is 2.11. The van der Waals surface area contributed by atoms with Gasteiger partial charge in [-0.2, -0.15) is 0 Å². The second-order valence-electron chi connectivity index (χ2n) is 5.84. The lowest BCUT2D eigenvalue weighted by Crippen LogP contribution is -2.23. The molecule has 0 aliphatic rings. The van der Waals surface area contributed by atoms with E-state index < -0.39 is 0 Å². The molecule has 0 saturated heterocycles. The molecule has 0 saturated carbocycles. The van der Waals surface area contributed by atoms with Crippen molar-refractivity contribution in [1.82, 2.24) is 5.32 Å². The Labute approximate surface area is 127 Å². The molecule has 20 heavy (non-hydrogen) atoms. The van der Waals surface area contributed by atoms with E-state index in [1.165, 1.54) is 64.2 Å². The van der Waals surface area contributed by atoms with Crippen molar-refractivity contribution >= 4 is 5.91 Å². The Balaban J connectivity index is 3.07. The Bertz CT molecular complexity index is 204. The zero-order valence-corrected chi connectivity index (χ0v) is 13.7. The van der Waals surface area contributed by atoms with Gasteiger partial charge in [-0.3, -0.25) is 4.79 Å². The van der Waals surface area contributed by atoms with Crippen LogP contribution in [0.2, 0.25) is 0 Å². The molecule has 0 fully saturated rings. The molecule has 0 rings (SSSR count). The Morgan fingerprint density at radius 1 is 0.800 bits per heavy atom. The lowest BCUT2D eigenvalue weighted by Gasteiger charge is -2.04. The topological polar surface area (TPSA) is 29.1 Å². The van der Waals surface area contributed by atoms with Crippen molar-refractivity contribution in [3.05, 3.63) is 6.92 Å². The molecular formula is C18H36NO. The molecule has 0 bridgehead atoms. The summed E-state index contributed by atoms with van der Waals surface area (Å²) in [5.41, 5.74) is 0. The van der Waals surface area contributed by atoms with Crippen molar-refractivity contribution in [2.24, 2.45) is 0 Å². The van der Waals surface area contributed by atoms with E-state index in [9.17, 15) is 4.79 Å². The Kier molecular flexibility index (Phi) is 16.1. The molecule has 2 heteroatoms. The molecule has 0 aromatic heterocycles. The number of unbranched alkanes of at least 4 members (excludes halogenated alkanes) is 11. The number of nitrogens with one attached hydrogen (secondary N) is 1. The molecule has 1 amide bonds. The predicted octanol–water partition coefficient (Wildman–Crippen LogP) is 5.42. The van der Waals surface area contributed by atoms with Gasteiger partial charge in [0, 0.05) is 13.0 Å². The summed E-state index contributed by atoms with van der Waals surface area (Å²) in [7, 11) is 0. The van der Waals surface area contributed by atoms with Gasteiger partial charge in [0.2, 0.25) is 5.91 Å². The Morgan fingerprint density at radius 2 is 1.30 bits per heavy atom. The number of rotatable bonds is 15. The van der Waals surface area contributed by atoms with Gasteiger partial charge >= 0.3 is 0 Å². The highest BCUT2D eigenvalue weighted by atomic mass is 16.1. The SMILES string of the molecule is [CH2]CCCNC(=O)CCCCCCCCCCCCC. The molecule has 0 aromatic carbocycles. The third kappa shape index (κ3) is 15.5. The van der Waals surface area contributed by atoms with Gasteiger partial charge in [0.1, 0.15) is 0 Å². The molecule has 0 heterocycles. The van der Waals surface area contributed by atoms with Crippen LogP contribution in [0.3, 0.4) is 0 Å². The molecule has 119 valence electrons. The summed E-state index contributed by atoms with van der Waals surface area (Å²) in [6, 6.07) is 0. The fourth-order valence-corrected chi connectivity index (χ4v) is 2.39. The van der Waals surface area contributed by atoms with Crippen LogP contribution in [0, 0.1) is 6.92 Å². The highest BCUT2D eigenvalue weighted by molar-refractivity contribution is 5.75. The van der Waals surface area contributed by atoms with Gasteiger partial charge in [-0.15, -0.1) is 0 Å². The Hall–Kier alpha value is -0.530. The molecule has 0 spiro atoms. The van der Waals surface area contributed by atoms with Crippen molar-refractivity contribution in [2.45, 2.75) is 96.8 Å². The fourth-order valence-electron chi connectivity index (χ4n) is 2.39. The van der Waals surface area contributed by atoms with Gasteiger partial charge in [0.15, 0.2) is 0 Å². The van der Waals surface area contributed by atoms with E-state index in [2.05, 4.69) is 19.2 Å². The third-order valence-electron chi connectivity index (χ3n) is 3.76. The fraction of sp³-hybridized carbons (Fsp3) is 0.889. The minimum Gasteiger partial charge on any atom is -0.356 e. The quantitative estimate of drug-likeness (QED) is 0.399. The zero-order chi connectivity index (χ0) is 14.9. The van der Waals surface area contributed by atoms with Crippen LogP contribution in [-0.4, -0.2) is 12.5 Å². The van der Waals surface area contributed by atoms with Gasteiger partial charge in [-0.05, 0) is 12.8 Å². The lowest BCUT2D eigenvalue weighted by atomic mass is 10.1. The van der Waals surface area contributed by atoms with E-state index in [1.54, 1.807) is 0 Å². The molecule has 0 unspecified atom stereocenters. The van der Waals surface area contributed by atoms with Gasteiger partial charge in [0.25, 0.3) is 0 Å². The first-order chi connectivity index (χ1) is 9.81. The van der Waals surface area contributed by atoms with Crippen LogP contribution in [-0.2, 0) is 4.79 Å². The monoisotopic (exact) mass is 282 g/mol. The minimum atomic E-state index is 0.217. The van der Waals surface area contributed by atoms with E-state index in [4.69, 9.17) is 0 Å². The van der Waals surface area contributed by atoms with Crippen LogP contribution in [0.5, 0.6) is 0 Å². The van der Waals surface area contributed by atoms with Gasteiger partial charge in [-0.1, -0.05) is 84.5 Å². The number of hydrogen-bond donors (Lipinski definition) is 1. The zero-order valence-electron chi connectivity index (χ0n) is 13.7. The number of hydrogen-bond acceptors (Lipinski definition) is 1. The molecule has 0 aromatic rings. The van der Waals surface area contributed by atoms with Gasteiger partial charge in [0.05, 0.1) is 0 Å². The van der Waals surface area contributed by atoms with Crippen molar-refractivity contribution in [3.63, 3.8) is 0 Å². The van der Waals surface area contributed by atoms with E-state index in [0.29, 0.717) is 6.42 Å². The van der Waals surface area contributed by atoms with Crippen molar-refractivity contribution in [2.75, 3.05) is 6.54 Å². The Morgan fingerprint density at radius 3 is 1.80 bits per heavy atom. The summed E-state index contributed by atoms with van der Waals surface area (Å²) in [6.45, 7) is 6.82. The number of amides is 1. The van der Waals surface area contributed by atoms with Crippen LogP contribution in [0.4, 0.5) is 0 Å². The molecule has 0 atom stereocenters. The normalized spacial score (nSPS) is 10.7. The predicted molar refractivity (Wildman–Crippen MR) is 88.7 cm³/mol. The number of carbonyl (C=O) groups is 1. The second-order valence-corrected chi connectivity index (χ2v) is 5.84. The van der Waals surface area contributed by atoms with Crippen LogP contribution in [0.25, 0.3) is 0 Å². The lowest BCUT2D eigenvalue weighted by molar-refractivity contribution is -0.121. The summed E-state index contributed by atoms with van der Waals surface area (Å²) in [4.78, 5) is 11.4. The average molecular weight is 282 g/mol. The molecule has 1 radical (unpaired) electrons. The van der Waals surface area contributed by atoms with Crippen molar-refractivity contribution < 1.29 is 4.79 Å². The molecule has 1 N–H and O–H groups in total. The molecular weight excluding hydrogens is 246 g/mol. The smallest absolute Gasteiger partial charge is 0.219 e. The second kappa shape index (κ2) is 16.5. The third-order valence-corrected chi connectivity index (χ3v) is 3.76.